The van der Waals surface area contributed by atoms with Gasteiger partial charge in [0.2, 0.25) is 0 Å². The van der Waals surface area contributed by atoms with Crippen LogP contribution in [-0.4, -0.2) is 22.5 Å². The van der Waals surface area contributed by atoms with Gasteiger partial charge in [-0.1, -0.05) is 5.16 Å². The number of hydrogen-bond acceptors (Lipinski definition) is 3. The Hall–Kier alpha value is -2.38. The van der Waals surface area contributed by atoms with Crippen LogP contribution in [0.1, 0.15) is 46.3 Å². The van der Waals surface area contributed by atoms with Crippen molar-refractivity contribution in [3.63, 3.8) is 0 Å². The molecule has 1 atom stereocenters. The van der Waals surface area contributed by atoms with Crippen molar-refractivity contribution in [2.24, 2.45) is 0 Å². The van der Waals surface area contributed by atoms with Gasteiger partial charge in [0.1, 0.15) is 17.3 Å². The number of amides is 1. The fraction of sp³-hybridized carbons (Fsp3) is 0.375. The Morgan fingerprint density at radius 3 is 2.71 bits per heavy atom. The number of aryl methyl sites for hydroxylation is 1. The average molecular weight is 342 g/mol. The van der Waals surface area contributed by atoms with E-state index < -0.39 is 23.5 Å². The highest BCUT2D eigenvalue weighted by atomic mass is 19.4. The highest BCUT2D eigenvalue weighted by Crippen LogP contribution is 2.35. The SMILES string of the molecule is Cc1cc([C@@H]2CCCN2C(=O)c2ccc(F)c(C(F)(F)F)c2)no1. The molecule has 8 heteroatoms. The summed E-state index contributed by atoms with van der Waals surface area (Å²) in [5.41, 5.74) is -1.08. The summed E-state index contributed by atoms with van der Waals surface area (Å²) >= 11 is 0. The molecule has 128 valence electrons. The molecule has 0 saturated carbocycles. The standard InChI is InChI=1S/C16H14F4N2O2/c1-9-7-13(21-24-9)14-3-2-6-22(14)15(23)10-4-5-12(17)11(8-10)16(18,19)20/h4-5,7-8,14H,2-3,6H2,1H3/t14-/m0/s1. The molecule has 3 rings (SSSR count). The summed E-state index contributed by atoms with van der Waals surface area (Å²) in [7, 11) is 0. The first kappa shape index (κ1) is 16.5. The summed E-state index contributed by atoms with van der Waals surface area (Å²) in [6.45, 7) is 2.11. The van der Waals surface area contributed by atoms with E-state index in [4.69, 9.17) is 4.52 Å². The topological polar surface area (TPSA) is 46.3 Å². The lowest BCUT2D eigenvalue weighted by Gasteiger charge is -2.23. The maximum atomic E-state index is 13.4. The second-order valence-electron chi connectivity index (χ2n) is 5.71. The molecule has 0 aliphatic carbocycles. The highest BCUT2D eigenvalue weighted by Gasteiger charge is 2.37. The smallest absolute Gasteiger partial charge is 0.361 e. The van der Waals surface area contributed by atoms with Crippen molar-refractivity contribution >= 4 is 5.91 Å². The fourth-order valence-corrected chi connectivity index (χ4v) is 2.90. The zero-order valence-electron chi connectivity index (χ0n) is 12.7. The molecule has 1 aliphatic heterocycles. The predicted octanol–water partition coefficient (Wildman–Crippen LogP) is 4.12. The van der Waals surface area contributed by atoms with Gasteiger partial charge < -0.3 is 9.42 Å². The van der Waals surface area contributed by atoms with Crippen LogP contribution < -0.4 is 0 Å². The van der Waals surface area contributed by atoms with Crippen molar-refractivity contribution in [3.8, 4) is 0 Å². The molecule has 2 heterocycles. The number of benzene rings is 1. The third kappa shape index (κ3) is 3.00. The van der Waals surface area contributed by atoms with Crippen molar-refractivity contribution in [2.75, 3.05) is 6.54 Å². The van der Waals surface area contributed by atoms with E-state index in [9.17, 15) is 22.4 Å². The van der Waals surface area contributed by atoms with Crippen LogP contribution in [0.15, 0.2) is 28.8 Å². The first-order chi connectivity index (χ1) is 11.3. The Labute approximate surface area is 135 Å². The number of hydrogen-bond donors (Lipinski definition) is 0. The van der Waals surface area contributed by atoms with Gasteiger partial charge in [0.15, 0.2) is 0 Å². The van der Waals surface area contributed by atoms with E-state index in [1.54, 1.807) is 13.0 Å². The average Bonchev–Trinajstić information content (AvgIpc) is 3.14. The molecular weight excluding hydrogens is 328 g/mol. The maximum absolute atomic E-state index is 13.4. The molecule has 4 nitrogen and oxygen atoms in total. The second-order valence-corrected chi connectivity index (χ2v) is 5.71. The van der Waals surface area contributed by atoms with E-state index in [1.807, 2.05) is 0 Å². The van der Waals surface area contributed by atoms with E-state index >= 15 is 0 Å². The normalized spacial score (nSPS) is 18.2. The molecule has 1 fully saturated rings. The van der Waals surface area contributed by atoms with Crippen LogP contribution in [0.5, 0.6) is 0 Å². The van der Waals surface area contributed by atoms with Crippen molar-refractivity contribution in [3.05, 3.63) is 52.7 Å². The fourth-order valence-electron chi connectivity index (χ4n) is 2.90. The Morgan fingerprint density at radius 2 is 2.08 bits per heavy atom. The lowest BCUT2D eigenvalue weighted by Crippen LogP contribution is -2.31. The number of aromatic nitrogens is 1. The predicted molar refractivity (Wildman–Crippen MR) is 75.7 cm³/mol. The Morgan fingerprint density at radius 1 is 1.33 bits per heavy atom. The molecular formula is C16H14F4N2O2. The minimum atomic E-state index is -4.85. The molecule has 24 heavy (non-hydrogen) atoms. The Kier molecular flexibility index (Phi) is 4.06. The van der Waals surface area contributed by atoms with E-state index in [2.05, 4.69) is 5.16 Å². The molecule has 1 saturated heterocycles. The van der Waals surface area contributed by atoms with Crippen LogP contribution in [0.3, 0.4) is 0 Å². The molecule has 2 aromatic rings. The first-order valence-corrected chi connectivity index (χ1v) is 7.38. The van der Waals surface area contributed by atoms with E-state index in [0.29, 0.717) is 43.0 Å². The third-order valence-corrected chi connectivity index (χ3v) is 4.02. The monoisotopic (exact) mass is 342 g/mol. The van der Waals surface area contributed by atoms with Gasteiger partial charge in [0.25, 0.3) is 5.91 Å². The molecule has 1 aliphatic rings. The van der Waals surface area contributed by atoms with Crippen LogP contribution >= 0.6 is 0 Å². The maximum Gasteiger partial charge on any atom is 0.419 e. The number of halogens is 4. The van der Waals surface area contributed by atoms with Crippen molar-refractivity contribution in [1.82, 2.24) is 10.1 Å². The molecule has 0 N–H and O–H groups in total. The van der Waals surface area contributed by atoms with Gasteiger partial charge >= 0.3 is 6.18 Å². The minimum Gasteiger partial charge on any atom is -0.361 e. The van der Waals surface area contributed by atoms with E-state index in [0.717, 1.165) is 6.07 Å². The van der Waals surface area contributed by atoms with Gasteiger partial charge in [-0.25, -0.2) is 4.39 Å². The second kappa shape index (κ2) is 5.92. The van der Waals surface area contributed by atoms with Gasteiger partial charge in [-0.3, -0.25) is 4.79 Å². The number of carbonyl (C=O) groups is 1. The number of rotatable bonds is 2. The first-order valence-electron chi connectivity index (χ1n) is 7.38. The van der Waals surface area contributed by atoms with Gasteiger partial charge in [-0.2, -0.15) is 13.2 Å². The zero-order valence-corrected chi connectivity index (χ0v) is 12.7. The minimum absolute atomic E-state index is 0.198. The lowest BCUT2D eigenvalue weighted by molar-refractivity contribution is -0.140. The van der Waals surface area contributed by atoms with Gasteiger partial charge in [-0.15, -0.1) is 0 Å². The van der Waals surface area contributed by atoms with Crippen LogP contribution in [0.2, 0.25) is 0 Å². The third-order valence-electron chi connectivity index (χ3n) is 4.02. The van der Waals surface area contributed by atoms with Gasteiger partial charge in [-0.05, 0) is 38.0 Å². The van der Waals surface area contributed by atoms with Crippen LogP contribution in [0.4, 0.5) is 17.6 Å². The van der Waals surface area contributed by atoms with Crippen LogP contribution in [0, 0.1) is 12.7 Å². The summed E-state index contributed by atoms with van der Waals surface area (Å²) in [5, 5.41) is 3.89. The zero-order chi connectivity index (χ0) is 17.5. The van der Waals surface area contributed by atoms with Crippen LogP contribution in [-0.2, 0) is 6.18 Å². The molecule has 0 bridgehead atoms. The quantitative estimate of drug-likeness (QED) is 0.772. The highest BCUT2D eigenvalue weighted by molar-refractivity contribution is 5.94. The largest absolute Gasteiger partial charge is 0.419 e. The number of likely N-dealkylation sites (tertiary alicyclic amines) is 1. The lowest BCUT2D eigenvalue weighted by atomic mass is 10.1. The molecule has 1 aromatic heterocycles. The van der Waals surface area contributed by atoms with Crippen LogP contribution in [0.25, 0.3) is 0 Å². The van der Waals surface area contributed by atoms with E-state index in [1.165, 1.54) is 4.90 Å². The molecule has 0 spiro atoms. The molecule has 1 aromatic carbocycles. The summed E-state index contributed by atoms with van der Waals surface area (Å²) in [6.07, 6.45) is -3.51. The van der Waals surface area contributed by atoms with E-state index in [-0.39, 0.29) is 11.6 Å². The molecule has 1 amide bonds. The Balaban J connectivity index is 1.91. The number of carbonyl (C=O) groups excluding carboxylic acids is 1. The number of alkyl halides is 3. The summed E-state index contributed by atoms with van der Waals surface area (Å²) < 4.78 is 56.9. The van der Waals surface area contributed by atoms with Gasteiger partial charge in [0.05, 0.1) is 11.6 Å². The summed E-state index contributed by atoms with van der Waals surface area (Å²) in [4.78, 5) is 14.1. The molecule has 0 unspecified atom stereocenters. The summed E-state index contributed by atoms with van der Waals surface area (Å²) in [5.74, 6) is -1.39. The Bertz CT molecular complexity index is 770. The number of nitrogens with zero attached hydrogens (tertiary/aromatic N) is 2. The van der Waals surface area contributed by atoms with Crippen molar-refractivity contribution in [2.45, 2.75) is 32.0 Å². The molecule has 0 radical (unpaired) electrons. The summed E-state index contributed by atoms with van der Waals surface area (Å²) in [6, 6.07) is 3.63. The van der Waals surface area contributed by atoms with Crippen molar-refractivity contribution < 1.29 is 26.9 Å². The van der Waals surface area contributed by atoms with Crippen molar-refractivity contribution in [1.29, 1.82) is 0 Å². The van der Waals surface area contributed by atoms with Gasteiger partial charge in [0, 0.05) is 18.2 Å².